The average molecular weight is 1260 g/mol. The zero-order chi connectivity index (χ0) is 64.6. The highest BCUT2D eigenvalue weighted by atomic mass is 16.7. The van der Waals surface area contributed by atoms with Crippen molar-refractivity contribution >= 4 is 11.9 Å². The van der Waals surface area contributed by atoms with Gasteiger partial charge >= 0.3 is 5.97 Å². The number of amides is 1. The molecule has 11 heteroatoms. The number of rotatable bonds is 68. The van der Waals surface area contributed by atoms with E-state index in [2.05, 4.69) is 50.4 Å². The number of nitrogens with one attached hydrogen (secondary N) is 1. The molecule has 6 N–H and O–H groups in total. The number of aliphatic hydroxyl groups excluding tert-OH is 5. The van der Waals surface area contributed by atoms with Gasteiger partial charge < -0.3 is 45.1 Å². The first kappa shape index (κ1) is 84.9. The summed E-state index contributed by atoms with van der Waals surface area (Å²) in [6.45, 7) is 5.84. The summed E-state index contributed by atoms with van der Waals surface area (Å²) < 4.78 is 17.8. The number of aliphatic hydroxyl groups is 5. The molecular formula is C78H147NO10. The summed E-state index contributed by atoms with van der Waals surface area (Å²) in [6, 6.07) is -1.02. The maximum absolute atomic E-state index is 13.5. The van der Waals surface area contributed by atoms with Crippen LogP contribution in [0.3, 0.4) is 0 Å². The summed E-state index contributed by atoms with van der Waals surface area (Å²) in [5, 5.41) is 57.4. The van der Waals surface area contributed by atoms with Gasteiger partial charge in [-0.05, 0) is 57.8 Å². The van der Waals surface area contributed by atoms with E-state index >= 15 is 0 Å². The molecule has 0 radical (unpaired) electrons. The van der Waals surface area contributed by atoms with Gasteiger partial charge in [0.25, 0.3) is 0 Å². The molecule has 1 saturated heterocycles. The minimum Gasteiger partial charge on any atom is -0.454 e. The van der Waals surface area contributed by atoms with E-state index in [1.54, 1.807) is 6.08 Å². The lowest BCUT2D eigenvalue weighted by atomic mass is 9.99. The number of hydrogen-bond donors (Lipinski definition) is 6. The average Bonchev–Trinajstić information content (AvgIpc) is 3.11. The van der Waals surface area contributed by atoms with Gasteiger partial charge in [-0.2, -0.15) is 0 Å². The Kier molecular flexibility index (Phi) is 62.9. The van der Waals surface area contributed by atoms with Crippen LogP contribution in [0.4, 0.5) is 0 Å². The third-order valence-electron chi connectivity index (χ3n) is 18.5. The zero-order valence-electron chi connectivity index (χ0n) is 58.6. The first-order chi connectivity index (χ1) is 43.7. The molecule has 1 heterocycles. The van der Waals surface area contributed by atoms with E-state index in [-0.39, 0.29) is 13.0 Å². The van der Waals surface area contributed by atoms with E-state index in [0.717, 1.165) is 64.2 Å². The van der Waals surface area contributed by atoms with Crippen molar-refractivity contribution in [3.63, 3.8) is 0 Å². The molecule has 1 rings (SSSR count). The summed E-state index contributed by atoms with van der Waals surface area (Å²) in [5.74, 6) is -1.17. The molecule has 1 aliphatic heterocycles. The molecule has 0 aromatic rings. The van der Waals surface area contributed by atoms with Crippen LogP contribution in [-0.2, 0) is 23.8 Å². The van der Waals surface area contributed by atoms with E-state index in [4.69, 9.17) is 14.2 Å². The summed E-state index contributed by atoms with van der Waals surface area (Å²) >= 11 is 0. The number of allylic oxidation sites excluding steroid dienone is 5. The van der Waals surface area contributed by atoms with Gasteiger partial charge in [0.2, 0.25) is 5.91 Å². The number of carbonyl (C=O) groups excluding carboxylic acids is 2. The molecule has 0 spiro atoms. The van der Waals surface area contributed by atoms with E-state index < -0.39 is 67.4 Å². The van der Waals surface area contributed by atoms with E-state index in [9.17, 15) is 35.1 Å². The van der Waals surface area contributed by atoms with Crippen molar-refractivity contribution in [3.8, 4) is 0 Å². The molecule has 8 unspecified atom stereocenters. The summed E-state index contributed by atoms with van der Waals surface area (Å²) in [4.78, 5) is 26.8. The highest BCUT2D eigenvalue weighted by Crippen LogP contribution is 2.27. The van der Waals surface area contributed by atoms with Crippen molar-refractivity contribution in [3.05, 3.63) is 36.5 Å². The molecule has 0 aromatic heterocycles. The van der Waals surface area contributed by atoms with Gasteiger partial charge in [0, 0.05) is 6.42 Å². The first-order valence-corrected chi connectivity index (χ1v) is 38.8. The number of unbranched alkanes of at least 4 members (excludes halogenated alkanes) is 50. The van der Waals surface area contributed by atoms with Crippen LogP contribution in [0.1, 0.15) is 387 Å². The molecule has 8 atom stereocenters. The normalized spacial score (nSPS) is 18.2. The SMILES string of the molecule is CCCCC/C=C\C/C=C\CCCCCCCCCCCCCCC(O)C(=O)NC(COC1OC(CO)C(O)C(O)C1OC(=O)CCCCCCCCCCCCCCCCCCCCCCCCCCC)C(O)/C=C/CCCCCCCCCCCCC. The van der Waals surface area contributed by atoms with Crippen molar-refractivity contribution in [1.29, 1.82) is 0 Å². The fraction of sp³-hybridized carbons (Fsp3) is 0.897. The lowest BCUT2D eigenvalue weighted by molar-refractivity contribution is -0.305. The second-order valence-corrected chi connectivity index (χ2v) is 27.1. The minimum absolute atomic E-state index is 0.130. The predicted octanol–water partition coefficient (Wildman–Crippen LogP) is 20.5. The van der Waals surface area contributed by atoms with E-state index in [0.29, 0.717) is 19.3 Å². The van der Waals surface area contributed by atoms with Crippen LogP contribution in [0, 0.1) is 0 Å². The number of carbonyl (C=O) groups is 2. The monoisotopic (exact) mass is 1260 g/mol. The molecular weight excluding hydrogens is 1110 g/mol. The predicted molar refractivity (Wildman–Crippen MR) is 375 cm³/mol. The maximum Gasteiger partial charge on any atom is 0.306 e. The highest BCUT2D eigenvalue weighted by molar-refractivity contribution is 5.80. The Morgan fingerprint density at radius 3 is 1.17 bits per heavy atom. The van der Waals surface area contributed by atoms with Gasteiger partial charge in [-0.3, -0.25) is 9.59 Å². The largest absolute Gasteiger partial charge is 0.454 e. The topological polar surface area (TPSA) is 175 Å². The lowest BCUT2D eigenvalue weighted by Crippen LogP contribution is -2.61. The van der Waals surface area contributed by atoms with Crippen LogP contribution < -0.4 is 5.32 Å². The molecule has 0 aliphatic carbocycles. The molecule has 0 bridgehead atoms. The van der Waals surface area contributed by atoms with Crippen molar-refractivity contribution in [2.45, 2.75) is 436 Å². The second-order valence-electron chi connectivity index (χ2n) is 27.1. The van der Waals surface area contributed by atoms with Gasteiger partial charge in [0.1, 0.15) is 24.4 Å². The fourth-order valence-corrected chi connectivity index (χ4v) is 12.5. The molecule has 89 heavy (non-hydrogen) atoms. The Labute approximate surface area is 549 Å². The molecule has 524 valence electrons. The van der Waals surface area contributed by atoms with Crippen LogP contribution in [-0.4, -0.2) is 99.6 Å². The number of esters is 1. The van der Waals surface area contributed by atoms with Crippen LogP contribution in [0.2, 0.25) is 0 Å². The van der Waals surface area contributed by atoms with Crippen molar-refractivity contribution < 1.29 is 49.3 Å². The third-order valence-corrected chi connectivity index (χ3v) is 18.5. The Bertz CT molecular complexity index is 1590. The van der Waals surface area contributed by atoms with Crippen molar-refractivity contribution in [1.82, 2.24) is 5.32 Å². The summed E-state index contributed by atoms with van der Waals surface area (Å²) in [5.41, 5.74) is 0. The number of hydrogen-bond acceptors (Lipinski definition) is 10. The molecule has 11 nitrogen and oxygen atoms in total. The van der Waals surface area contributed by atoms with Gasteiger partial charge in [-0.15, -0.1) is 0 Å². The van der Waals surface area contributed by atoms with Gasteiger partial charge in [-0.25, -0.2) is 0 Å². The Morgan fingerprint density at radius 1 is 0.438 bits per heavy atom. The Balaban J connectivity index is 2.52. The lowest BCUT2D eigenvalue weighted by Gasteiger charge is -2.41. The second kappa shape index (κ2) is 65.9. The Hall–Kier alpha value is -2.12. The van der Waals surface area contributed by atoms with Crippen LogP contribution in [0.25, 0.3) is 0 Å². The summed E-state index contributed by atoms with van der Waals surface area (Å²) in [7, 11) is 0. The van der Waals surface area contributed by atoms with Crippen LogP contribution in [0.5, 0.6) is 0 Å². The standard InChI is InChI=1S/C78H147NO10/c1-4-7-10-13-16-19-22-25-27-29-31-33-35-36-37-39-41-43-45-48-51-54-57-60-63-66-73(83)89-76-75(85)74(84)72(67-80)88-78(76)87-68-69(70(81)64-61-58-55-52-49-46-24-21-18-15-12-9-6-3)79-77(86)71(82)65-62-59-56-53-50-47-44-42-40-38-34-32-30-28-26-23-20-17-14-11-8-5-2/h17,20,26,28,61,64,69-72,74-76,78,80-82,84-85H,4-16,18-19,21-25,27,29-60,62-63,65-68H2,1-3H3,(H,79,86)/b20-17-,28-26-,64-61+. The smallest absolute Gasteiger partial charge is 0.306 e. The first-order valence-electron chi connectivity index (χ1n) is 38.8. The molecule has 0 aromatic carbocycles. The molecule has 1 fully saturated rings. The quantitative estimate of drug-likeness (QED) is 0.0195. The minimum atomic E-state index is -1.61. The maximum atomic E-state index is 13.5. The van der Waals surface area contributed by atoms with E-state index in [1.807, 2.05) is 6.08 Å². The Morgan fingerprint density at radius 2 is 0.775 bits per heavy atom. The van der Waals surface area contributed by atoms with Gasteiger partial charge in [0.05, 0.1) is 25.4 Å². The van der Waals surface area contributed by atoms with Gasteiger partial charge in [-0.1, -0.05) is 359 Å². The summed E-state index contributed by atoms with van der Waals surface area (Å²) in [6.07, 6.45) is 71.9. The molecule has 1 aliphatic rings. The zero-order valence-corrected chi connectivity index (χ0v) is 58.6. The third kappa shape index (κ3) is 52.9. The molecule has 1 amide bonds. The van der Waals surface area contributed by atoms with Crippen LogP contribution >= 0.6 is 0 Å². The van der Waals surface area contributed by atoms with Crippen LogP contribution in [0.15, 0.2) is 36.5 Å². The highest BCUT2D eigenvalue weighted by Gasteiger charge is 2.47. The fourth-order valence-electron chi connectivity index (χ4n) is 12.5. The number of ether oxygens (including phenoxy) is 3. The molecule has 0 saturated carbocycles. The van der Waals surface area contributed by atoms with Crippen molar-refractivity contribution in [2.75, 3.05) is 13.2 Å². The van der Waals surface area contributed by atoms with Gasteiger partial charge in [0.15, 0.2) is 12.4 Å². The van der Waals surface area contributed by atoms with Crippen molar-refractivity contribution in [2.24, 2.45) is 0 Å². The van der Waals surface area contributed by atoms with E-state index in [1.165, 1.54) is 276 Å².